The molecule has 0 aromatic carbocycles. The van der Waals surface area contributed by atoms with Crippen LogP contribution in [0, 0.1) is 0 Å². The molecule has 0 amide bonds. The number of aliphatic hydroxyl groups excluding tert-OH is 1. The maximum atomic E-state index is 9.47. The first-order chi connectivity index (χ1) is 5.81. The second-order valence-corrected chi connectivity index (χ2v) is 3.71. The van der Waals surface area contributed by atoms with Gasteiger partial charge in [0.05, 0.1) is 19.3 Å². The molecule has 3 heteroatoms. The average molecular weight is 172 g/mol. The van der Waals surface area contributed by atoms with Crippen LogP contribution in [-0.2, 0) is 9.47 Å². The monoisotopic (exact) mass is 172 g/mol. The fourth-order valence-corrected chi connectivity index (χ4v) is 2.00. The molecule has 70 valence electrons. The van der Waals surface area contributed by atoms with Gasteiger partial charge in [-0.25, -0.2) is 0 Å². The highest BCUT2D eigenvalue weighted by atomic mass is 16.7. The van der Waals surface area contributed by atoms with Crippen LogP contribution in [0.2, 0.25) is 0 Å². The van der Waals surface area contributed by atoms with E-state index < -0.39 is 5.79 Å². The van der Waals surface area contributed by atoms with E-state index in [1.165, 1.54) is 0 Å². The molecule has 2 atom stereocenters. The molecule has 2 saturated heterocycles. The van der Waals surface area contributed by atoms with E-state index in [2.05, 4.69) is 0 Å². The van der Waals surface area contributed by atoms with E-state index >= 15 is 0 Å². The van der Waals surface area contributed by atoms with Gasteiger partial charge in [0.2, 0.25) is 0 Å². The molecule has 3 nitrogen and oxygen atoms in total. The Morgan fingerprint density at radius 3 is 2.67 bits per heavy atom. The molecule has 1 spiro atoms. The highest BCUT2D eigenvalue weighted by Gasteiger charge is 2.39. The molecule has 2 rings (SSSR count). The van der Waals surface area contributed by atoms with Gasteiger partial charge in [0.25, 0.3) is 0 Å². The van der Waals surface area contributed by atoms with Crippen LogP contribution in [0.5, 0.6) is 0 Å². The zero-order valence-electron chi connectivity index (χ0n) is 7.29. The van der Waals surface area contributed by atoms with Gasteiger partial charge in [0.1, 0.15) is 0 Å². The fourth-order valence-electron chi connectivity index (χ4n) is 2.00. The van der Waals surface area contributed by atoms with E-state index in [-0.39, 0.29) is 6.10 Å². The number of aliphatic hydroxyl groups is 1. The third-order valence-corrected chi connectivity index (χ3v) is 2.68. The van der Waals surface area contributed by atoms with E-state index in [9.17, 15) is 5.11 Å². The van der Waals surface area contributed by atoms with Crippen LogP contribution in [0.15, 0.2) is 0 Å². The largest absolute Gasteiger partial charge is 0.393 e. The SMILES string of the molecule is O[C@@H]1CCO[C@]2(CCCCO2)C1. The Morgan fingerprint density at radius 1 is 1.17 bits per heavy atom. The topological polar surface area (TPSA) is 38.7 Å². The number of rotatable bonds is 0. The van der Waals surface area contributed by atoms with Crippen LogP contribution in [0.1, 0.15) is 32.1 Å². The van der Waals surface area contributed by atoms with Crippen molar-refractivity contribution in [3.63, 3.8) is 0 Å². The molecule has 2 aliphatic heterocycles. The lowest BCUT2D eigenvalue weighted by Crippen LogP contribution is -2.46. The number of ether oxygens (including phenoxy) is 2. The Balaban J connectivity index is 1.97. The van der Waals surface area contributed by atoms with Crippen molar-refractivity contribution in [3.8, 4) is 0 Å². The molecule has 0 aromatic heterocycles. The molecule has 0 aliphatic carbocycles. The predicted octanol–water partition coefficient (Wildman–Crippen LogP) is 1.05. The standard InChI is InChI=1S/C9H16O3/c10-8-3-6-12-9(7-8)4-1-2-5-11-9/h8,10H,1-7H2/t8-,9-/m1/s1. The van der Waals surface area contributed by atoms with Crippen LogP contribution < -0.4 is 0 Å². The molecule has 0 aromatic rings. The molecule has 2 aliphatic rings. The minimum atomic E-state index is -0.421. The smallest absolute Gasteiger partial charge is 0.170 e. The minimum Gasteiger partial charge on any atom is -0.393 e. The van der Waals surface area contributed by atoms with Gasteiger partial charge in [-0.3, -0.25) is 0 Å². The molecule has 2 fully saturated rings. The van der Waals surface area contributed by atoms with Gasteiger partial charge in [-0.05, 0) is 19.3 Å². The first-order valence-corrected chi connectivity index (χ1v) is 4.77. The quantitative estimate of drug-likeness (QED) is 0.593. The van der Waals surface area contributed by atoms with Crippen LogP contribution in [-0.4, -0.2) is 30.2 Å². The maximum absolute atomic E-state index is 9.47. The zero-order chi connectivity index (χ0) is 8.44. The molecule has 12 heavy (non-hydrogen) atoms. The van der Waals surface area contributed by atoms with Crippen LogP contribution in [0.4, 0.5) is 0 Å². The second-order valence-electron chi connectivity index (χ2n) is 3.71. The van der Waals surface area contributed by atoms with Gasteiger partial charge < -0.3 is 14.6 Å². The van der Waals surface area contributed by atoms with Crippen molar-refractivity contribution >= 4 is 0 Å². The second kappa shape index (κ2) is 3.32. The zero-order valence-corrected chi connectivity index (χ0v) is 7.29. The summed E-state index contributed by atoms with van der Waals surface area (Å²) in [6, 6.07) is 0. The van der Waals surface area contributed by atoms with Crippen molar-refractivity contribution in [2.24, 2.45) is 0 Å². The van der Waals surface area contributed by atoms with Crippen molar-refractivity contribution in [1.82, 2.24) is 0 Å². The Bertz CT molecular complexity index is 146. The third-order valence-electron chi connectivity index (χ3n) is 2.68. The first-order valence-electron chi connectivity index (χ1n) is 4.77. The van der Waals surface area contributed by atoms with E-state index in [1.54, 1.807) is 0 Å². The highest BCUT2D eigenvalue weighted by Crippen LogP contribution is 2.34. The van der Waals surface area contributed by atoms with Gasteiger partial charge in [0, 0.05) is 12.8 Å². The van der Waals surface area contributed by atoms with Crippen molar-refractivity contribution < 1.29 is 14.6 Å². The van der Waals surface area contributed by atoms with Gasteiger partial charge >= 0.3 is 0 Å². The Labute approximate surface area is 72.7 Å². The summed E-state index contributed by atoms with van der Waals surface area (Å²) in [4.78, 5) is 0. The lowest BCUT2D eigenvalue weighted by molar-refractivity contribution is -0.286. The van der Waals surface area contributed by atoms with Crippen molar-refractivity contribution in [2.75, 3.05) is 13.2 Å². The molecule has 2 heterocycles. The Morgan fingerprint density at radius 2 is 2.00 bits per heavy atom. The summed E-state index contributed by atoms with van der Waals surface area (Å²) < 4.78 is 11.2. The fraction of sp³-hybridized carbons (Fsp3) is 1.00. The first kappa shape index (κ1) is 8.48. The molecule has 0 unspecified atom stereocenters. The molecule has 1 N–H and O–H groups in total. The molecular formula is C9H16O3. The minimum absolute atomic E-state index is 0.225. The van der Waals surface area contributed by atoms with Crippen LogP contribution in [0.3, 0.4) is 0 Å². The summed E-state index contributed by atoms with van der Waals surface area (Å²) in [5, 5.41) is 9.47. The summed E-state index contributed by atoms with van der Waals surface area (Å²) in [6.45, 7) is 1.42. The average Bonchev–Trinajstić information content (AvgIpc) is 2.05. The lowest BCUT2D eigenvalue weighted by Gasteiger charge is -2.41. The molecular weight excluding hydrogens is 156 g/mol. The van der Waals surface area contributed by atoms with Gasteiger partial charge in [-0.2, -0.15) is 0 Å². The van der Waals surface area contributed by atoms with Crippen molar-refractivity contribution in [2.45, 2.75) is 44.0 Å². The summed E-state index contributed by atoms with van der Waals surface area (Å²) in [5.74, 6) is -0.421. The Hall–Kier alpha value is -0.120. The van der Waals surface area contributed by atoms with Crippen molar-refractivity contribution in [3.05, 3.63) is 0 Å². The van der Waals surface area contributed by atoms with E-state index in [0.717, 1.165) is 32.3 Å². The third kappa shape index (κ3) is 1.63. The highest BCUT2D eigenvalue weighted by molar-refractivity contribution is 4.81. The molecule has 0 bridgehead atoms. The summed E-state index contributed by atoms with van der Waals surface area (Å²) in [6.07, 6.45) is 4.42. The molecule has 0 radical (unpaired) electrons. The van der Waals surface area contributed by atoms with Gasteiger partial charge in [-0.15, -0.1) is 0 Å². The summed E-state index contributed by atoms with van der Waals surface area (Å²) in [5.41, 5.74) is 0. The van der Waals surface area contributed by atoms with Crippen molar-refractivity contribution in [1.29, 1.82) is 0 Å². The van der Waals surface area contributed by atoms with Gasteiger partial charge in [0.15, 0.2) is 5.79 Å². The van der Waals surface area contributed by atoms with E-state index in [1.807, 2.05) is 0 Å². The van der Waals surface area contributed by atoms with E-state index in [4.69, 9.17) is 9.47 Å². The van der Waals surface area contributed by atoms with Gasteiger partial charge in [-0.1, -0.05) is 0 Å². The predicted molar refractivity (Wildman–Crippen MR) is 43.7 cm³/mol. The number of hydrogen-bond donors (Lipinski definition) is 1. The summed E-state index contributed by atoms with van der Waals surface area (Å²) in [7, 11) is 0. The Kier molecular flexibility index (Phi) is 2.35. The van der Waals surface area contributed by atoms with Crippen LogP contribution in [0.25, 0.3) is 0 Å². The summed E-state index contributed by atoms with van der Waals surface area (Å²) >= 11 is 0. The molecule has 0 saturated carbocycles. The maximum Gasteiger partial charge on any atom is 0.170 e. The van der Waals surface area contributed by atoms with Crippen LogP contribution >= 0.6 is 0 Å². The lowest BCUT2D eigenvalue weighted by atomic mass is 9.96. The number of hydrogen-bond acceptors (Lipinski definition) is 3. The normalized spacial score (nSPS) is 43.2. The van der Waals surface area contributed by atoms with E-state index in [0.29, 0.717) is 13.0 Å².